The Hall–Kier alpha value is -1.08. The van der Waals surface area contributed by atoms with Crippen LogP contribution in [0, 0.1) is 5.92 Å². The number of hydrogen-bond acceptors (Lipinski definition) is 3. The first-order chi connectivity index (χ1) is 8.84. The molecule has 1 aromatic rings. The number of hydrogen-bond donors (Lipinski definition) is 1. The Balaban J connectivity index is 2.67. The predicted octanol–water partition coefficient (Wildman–Crippen LogP) is 2.33. The molecule has 0 fully saturated rings. The quantitative estimate of drug-likeness (QED) is 0.832. The lowest BCUT2D eigenvalue weighted by Crippen LogP contribution is -2.31. The van der Waals surface area contributed by atoms with Gasteiger partial charge in [-0.15, -0.1) is 0 Å². The Kier molecular flexibility index (Phi) is 5.81. The van der Waals surface area contributed by atoms with E-state index in [0.717, 1.165) is 12.6 Å². The first-order valence-corrected chi connectivity index (χ1v) is 6.16. The van der Waals surface area contributed by atoms with Gasteiger partial charge in [0.05, 0.1) is 12.6 Å². The fraction of sp³-hybridized carbons (Fsp3) is 0.750. The molecule has 0 amide bonds. The minimum absolute atomic E-state index is 0.250. The maximum Gasteiger partial charge on any atom is 0.435 e. The Morgan fingerprint density at radius 2 is 2.05 bits per heavy atom. The Morgan fingerprint density at radius 1 is 1.37 bits per heavy atom. The third-order valence-electron chi connectivity index (χ3n) is 2.56. The average Bonchev–Trinajstić information content (AvgIpc) is 2.76. The molecule has 19 heavy (non-hydrogen) atoms. The van der Waals surface area contributed by atoms with Crippen molar-refractivity contribution in [1.29, 1.82) is 0 Å². The molecule has 0 aromatic carbocycles. The van der Waals surface area contributed by atoms with E-state index in [1.807, 2.05) is 0 Å². The van der Waals surface area contributed by atoms with Crippen LogP contribution in [0.15, 0.2) is 12.3 Å². The zero-order chi connectivity index (χ0) is 14.5. The highest BCUT2D eigenvalue weighted by molar-refractivity contribution is 5.04. The molecule has 1 unspecified atom stereocenters. The van der Waals surface area contributed by atoms with Crippen LogP contribution in [-0.4, -0.2) is 36.6 Å². The summed E-state index contributed by atoms with van der Waals surface area (Å²) >= 11 is 0. The third kappa shape index (κ3) is 5.20. The van der Waals surface area contributed by atoms with Crippen LogP contribution in [0.1, 0.15) is 25.6 Å². The van der Waals surface area contributed by atoms with Crippen LogP contribution in [0.3, 0.4) is 0 Å². The van der Waals surface area contributed by atoms with Gasteiger partial charge in [0.2, 0.25) is 0 Å². The topological polar surface area (TPSA) is 39.1 Å². The number of rotatable bonds is 7. The van der Waals surface area contributed by atoms with E-state index in [0.29, 0.717) is 19.1 Å². The van der Waals surface area contributed by atoms with Crippen LogP contribution < -0.4 is 5.32 Å². The monoisotopic (exact) mass is 279 g/mol. The molecule has 0 aliphatic carbocycles. The second-order valence-electron chi connectivity index (χ2n) is 4.84. The van der Waals surface area contributed by atoms with Crippen LogP contribution in [0.2, 0.25) is 0 Å². The molecule has 7 heteroatoms. The largest absolute Gasteiger partial charge is 0.435 e. The summed E-state index contributed by atoms with van der Waals surface area (Å²) in [4.78, 5) is 0. The van der Waals surface area contributed by atoms with Gasteiger partial charge in [0.15, 0.2) is 5.69 Å². The van der Waals surface area contributed by atoms with Crippen LogP contribution in [0.4, 0.5) is 13.2 Å². The summed E-state index contributed by atoms with van der Waals surface area (Å²) in [5, 5.41) is 6.76. The van der Waals surface area contributed by atoms with E-state index in [9.17, 15) is 13.2 Å². The zero-order valence-corrected chi connectivity index (χ0v) is 11.4. The molecule has 1 rings (SSSR count). The van der Waals surface area contributed by atoms with Gasteiger partial charge in [0.25, 0.3) is 0 Å². The Bertz CT molecular complexity index is 377. The fourth-order valence-electron chi connectivity index (χ4n) is 1.65. The van der Waals surface area contributed by atoms with Crippen molar-refractivity contribution in [2.75, 3.05) is 26.8 Å². The molecule has 4 nitrogen and oxygen atoms in total. The standard InChI is InChI=1S/C12H20F3N3O/c1-9(2)6-16-7-10(8-19-3)18-5-4-11(17-18)12(13,14)15/h4-5,9-10,16H,6-8H2,1-3H3. The van der Waals surface area contributed by atoms with Crippen molar-refractivity contribution in [1.82, 2.24) is 15.1 Å². The van der Waals surface area contributed by atoms with Crippen molar-refractivity contribution < 1.29 is 17.9 Å². The number of aromatic nitrogens is 2. The van der Waals surface area contributed by atoms with Gasteiger partial charge < -0.3 is 10.1 Å². The van der Waals surface area contributed by atoms with Crippen LogP contribution in [-0.2, 0) is 10.9 Å². The fourth-order valence-corrected chi connectivity index (χ4v) is 1.65. The van der Waals surface area contributed by atoms with Crippen molar-refractivity contribution in [3.05, 3.63) is 18.0 Å². The highest BCUT2D eigenvalue weighted by Crippen LogP contribution is 2.27. The van der Waals surface area contributed by atoms with Gasteiger partial charge in [0, 0.05) is 19.9 Å². The first kappa shape index (κ1) is 16.0. The van der Waals surface area contributed by atoms with Gasteiger partial charge in [-0.3, -0.25) is 4.68 Å². The summed E-state index contributed by atoms with van der Waals surface area (Å²) in [6.45, 7) is 5.75. The summed E-state index contributed by atoms with van der Waals surface area (Å²) in [5.74, 6) is 0.478. The minimum atomic E-state index is -4.41. The number of alkyl halides is 3. The SMILES string of the molecule is COCC(CNCC(C)C)n1ccc(C(F)(F)F)n1. The van der Waals surface area contributed by atoms with Gasteiger partial charge in [-0.25, -0.2) is 0 Å². The number of nitrogens with one attached hydrogen (secondary N) is 1. The maximum absolute atomic E-state index is 12.5. The normalized spacial score (nSPS) is 14.1. The molecule has 1 heterocycles. The highest BCUT2D eigenvalue weighted by atomic mass is 19.4. The molecular weight excluding hydrogens is 259 g/mol. The van der Waals surface area contributed by atoms with Gasteiger partial charge in [-0.05, 0) is 18.5 Å². The molecule has 1 aromatic heterocycles. The summed E-state index contributed by atoms with van der Waals surface area (Å²) in [5.41, 5.74) is -0.877. The van der Waals surface area contributed by atoms with Crippen molar-refractivity contribution in [2.45, 2.75) is 26.1 Å². The second-order valence-corrected chi connectivity index (χ2v) is 4.84. The van der Waals surface area contributed by atoms with Gasteiger partial charge in [-0.1, -0.05) is 13.8 Å². The molecule has 110 valence electrons. The van der Waals surface area contributed by atoms with Gasteiger partial charge in [-0.2, -0.15) is 18.3 Å². The molecule has 0 spiro atoms. The predicted molar refractivity (Wildman–Crippen MR) is 65.8 cm³/mol. The van der Waals surface area contributed by atoms with Crippen LogP contribution in [0.5, 0.6) is 0 Å². The lowest BCUT2D eigenvalue weighted by molar-refractivity contribution is -0.141. The first-order valence-electron chi connectivity index (χ1n) is 6.16. The second kappa shape index (κ2) is 6.91. The molecule has 1 N–H and O–H groups in total. The molecule has 1 atom stereocenters. The van der Waals surface area contributed by atoms with E-state index in [4.69, 9.17) is 4.74 Å². The maximum atomic E-state index is 12.5. The lowest BCUT2D eigenvalue weighted by Gasteiger charge is -2.18. The van der Waals surface area contributed by atoms with Crippen molar-refractivity contribution in [3.63, 3.8) is 0 Å². The Morgan fingerprint density at radius 3 is 2.53 bits per heavy atom. The number of halogens is 3. The van der Waals surface area contributed by atoms with E-state index in [2.05, 4.69) is 24.3 Å². The van der Waals surface area contributed by atoms with E-state index in [1.165, 1.54) is 18.0 Å². The van der Waals surface area contributed by atoms with E-state index in [1.54, 1.807) is 0 Å². The molecule has 0 aliphatic rings. The number of nitrogens with zero attached hydrogens (tertiary/aromatic N) is 2. The molecule has 0 bridgehead atoms. The number of methoxy groups -OCH3 is 1. The van der Waals surface area contributed by atoms with Crippen LogP contribution >= 0.6 is 0 Å². The van der Waals surface area contributed by atoms with Crippen LogP contribution in [0.25, 0.3) is 0 Å². The molecule has 0 saturated heterocycles. The summed E-state index contributed by atoms with van der Waals surface area (Å²) in [6.07, 6.45) is -3.07. The average molecular weight is 279 g/mol. The van der Waals surface area contributed by atoms with Gasteiger partial charge in [0.1, 0.15) is 0 Å². The smallest absolute Gasteiger partial charge is 0.382 e. The number of ether oxygens (including phenoxy) is 1. The summed E-state index contributed by atoms with van der Waals surface area (Å²) in [6, 6.07) is 0.727. The van der Waals surface area contributed by atoms with E-state index in [-0.39, 0.29) is 6.04 Å². The Labute approximate surface area is 110 Å². The summed E-state index contributed by atoms with van der Waals surface area (Å²) < 4.78 is 43.8. The van der Waals surface area contributed by atoms with E-state index >= 15 is 0 Å². The summed E-state index contributed by atoms with van der Waals surface area (Å²) in [7, 11) is 1.52. The third-order valence-corrected chi connectivity index (χ3v) is 2.56. The highest BCUT2D eigenvalue weighted by Gasteiger charge is 2.34. The van der Waals surface area contributed by atoms with Gasteiger partial charge >= 0.3 is 6.18 Å². The zero-order valence-electron chi connectivity index (χ0n) is 11.4. The van der Waals surface area contributed by atoms with Crippen molar-refractivity contribution in [2.24, 2.45) is 5.92 Å². The minimum Gasteiger partial charge on any atom is -0.382 e. The lowest BCUT2D eigenvalue weighted by atomic mass is 10.2. The van der Waals surface area contributed by atoms with Crippen molar-refractivity contribution >= 4 is 0 Å². The molecular formula is C12H20F3N3O. The molecule has 0 radical (unpaired) electrons. The molecule has 0 saturated carbocycles. The molecule has 0 aliphatic heterocycles. The van der Waals surface area contributed by atoms with Crippen molar-refractivity contribution in [3.8, 4) is 0 Å². The van der Waals surface area contributed by atoms with E-state index < -0.39 is 11.9 Å².